The van der Waals surface area contributed by atoms with Crippen LogP contribution in [-0.2, 0) is 21.9 Å². The predicted octanol–water partition coefficient (Wildman–Crippen LogP) is 7.28. The summed E-state index contributed by atoms with van der Waals surface area (Å²) in [5.74, 6) is 1.03. The number of ether oxygens (including phenoxy) is 2. The van der Waals surface area contributed by atoms with Gasteiger partial charge in [0, 0.05) is 29.9 Å². The summed E-state index contributed by atoms with van der Waals surface area (Å²) in [4.78, 5) is 2.64. The van der Waals surface area contributed by atoms with Crippen LogP contribution in [-0.4, -0.2) is 31.9 Å². The van der Waals surface area contributed by atoms with Crippen molar-refractivity contribution in [2.75, 3.05) is 27.0 Å². The molecule has 1 saturated heterocycles. The van der Waals surface area contributed by atoms with Crippen LogP contribution in [0, 0.1) is 6.92 Å². The average molecular weight is 484 g/mol. The lowest BCUT2D eigenvalue weighted by Gasteiger charge is -2.37. The first kappa shape index (κ1) is 27.2. The van der Waals surface area contributed by atoms with E-state index in [1.54, 1.807) is 7.11 Å². The first-order chi connectivity index (χ1) is 16.2. The number of likely N-dealkylation sites (tertiary alicyclic amines) is 1. The van der Waals surface area contributed by atoms with Gasteiger partial charge in [0.1, 0.15) is 5.75 Å². The molecule has 2 aromatic rings. The largest absolute Gasteiger partial charge is 0.467 e. The molecule has 0 aromatic heterocycles. The summed E-state index contributed by atoms with van der Waals surface area (Å²) in [5.41, 5.74) is 5.43. The first-order valence-electron chi connectivity index (χ1n) is 13.1. The summed E-state index contributed by atoms with van der Waals surface area (Å²) in [6, 6.07) is 13.8. The highest BCUT2D eigenvalue weighted by molar-refractivity contribution is 7.48. The van der Waals surface area contributed by atoms with Gasteiger partial charge in [-0.2, -0.15) is 0 Å². The van der Waals surface area contributed by atoms with Gasteiger partial charge in [-0.1, -0.05) is 91.6 Å². The van der Waals surface area contributed by atoms with Crippen LogP contribution >= 0.6 is 8.58 Å². The molecule has 4 heteroatoms. The van der Waals surface area contributed by atoms with Crippen molar-refractivity contribution in [3.05, 3.63) is 58.7 Å². The van der Waals surface area contributed by atoms with Gasteiger partial charge in [-0.05, 0) is 62.0 Å². The van der Waals surface area contributed by atoms with E-state index in [4.69, 9.17) is 9.47 Å². The van der Waals surface area contributed by atoms with Gasteiger partial charge in [-0.25, -0.2) is 0 Å². The minimum Gasteiger partial charge on any atom is -0.467 e. The average Bonchev–Trinajstić information content (AvgIpc) is 2.82. The maximum absolute atomic E-state index is 6.37. The molecule has 1 fully saturated rings. The Kier molecular flexibility index (Phi) is 9.61. The highest BCUT2D eigenvalue weighted by Gasteiger charge is 2.35. The third-order valence-electron chi connectivity index (χ3n) is 7.32. The molecule has 2 aromatic carbocycles. The Morgan fingerprint density at radius 3 is 2.21 bits per heavy atom. The third kappa shape index (κ3) is 6.42. The Labute approximate surface area is 210 Å². The van der Waals surface area contributed by atoms with E-state index >= 15 is 0 Å². The van der Waals surface area contributed by atoms with E-state index in [1.165, 1.54) is 59.9 Å². The summed E-state index contributed by atoms with van der Waals surface area (Å²) < 4.78 is 11.7. The Balaban J connectivity index is 2.07. The normalized spacial score (nSPS) is 15.9. The van der Waals surface area contributed by atoms with Crippen LogP contribution in [0.4, 0.5) is 0 Å². The van der Waals surface area contributed by atoms with Crippen LogP contribution in [0.2, 0.25) is 0 Å². The zero-order chi connectivity index (χ0) is 24.8. The molecule has 1 aliphatic rings. The summed E-state index contributed by atoms with van der Waals surface area (Å²) in [5, 5.41) is 1.54. The maximum atomic E-state index is 6.37. The molecule has 3 nitrogen and oxygen atoms in total. The smallest absolute Gasteiger partial charge is 0.188 e. The number of hydrogen-bond donors (Lipinski definition) is 0. The lowest BCUT2D eigenvalue weighted by molar-refractivity contribution is 0.0485. The molecule has 0 aliphatic carbocycles. The molecular formula is C30H46NO2P. The van der Waals surface area contributed by atoms with Crippen molar-refractivity contribution in [3.63, 3.8) is 0 Å². The minimum absolute atomic E-state index is 0.00759. The number of methoxy groups -OCH3 is 1. The topological polar surface area (TPSA) is 21.7 Å². The van der Waals surface area contributed by atoms with Crippen LogP contribution in [0.1, 0.15) is 89.0 Å². The molecule has 1 unspecified atom stereocenters. The van der Waals surface area contributed by atoms with Crippen molar-refractivity contribution in [1.29, 1.82) is 0 Å². The third-order valence-corrected chi connectivity index (χ3v) is 9.53. The minimum atomic E-state index is -0.00759. The van der Waals surface area contributed by atoms with Gasteiger partial charge in [0.05, 0.1) is 0 Å². The second-order valence-electron chi connectivity index (χ2n) is 10.9. The van der Waals surface area contributed by atoms with Crippen LogP contribution in [0.15, 0.2) is 36.4 Å². The molecule has 34 heavy (non-hydrogen) atoms. The van der Waals surface area contributed by atoms with E-state index in [2.05, 4.69) is 82.8 Å². The Morgan fingerprint density at radius 1 is 0.941 bits per heavy atom. The molecule has 1 aliphatic heterocycles. The van der Waals surface area contributed by atoms with E-state index in [0.29, 0.717) is 8.58 Å². The zero-order valence-electron chi connectivity index (χ0n) is 22.6. The summed E-state index contributed by atoms with van der Waals surface area (Å²) >= 11 is 0. The zero-order valence-corrected chi connectivity index (χ0v) is 23.6. The second-order valence-corrected chi connectivity index (χ2v) is 12.6. The molecule has 3 rings (SSSR count). The van der Waals surface area contributed by atoms with Crippen LogP contribution in [0.25, 0.3) is 0 Å². The van der Waals surface area contributed by atoms with Gasteiger partial charge >= 0.3 is 0 Å². The summed E-state index contributed by atoms with van der Waals surface area (Å²) in [6.07, 6.45) is 6.20. The van der Waals surface area contributed by atoms with Gasteiger partial charge in [0.25, 0.3) is 0 Å². The highest BCUT2D eigenvalue weighted by Crippen LogP contribution is 2.52. The van der Waals surface area contributed by atoms with Gasteiger partial charge in [0.15, 0.2) is 6.79 Å². The van der Waals surface area contributed by atoms with Crippen molar-refractivity contribution in [3.8, 4) is 5.75 Å². The van der Waals surface area contributed by atoms with Crippen molar-refractivity contribution >= 4 is 13.9 Å². The van der Waals surface area contributed by atoms with Crippen molar-refractivity contribution in [1.82, 2.24) is 4.90 Å². The van der Waals surface area contributed by atoms with E-state index in [1.807, 2.05) is 0 Å². The molecular weight excluding hydrogens is 437 g/mol. The highest BCUT2D eigenvalue weighted by atomic mass is 31.1. The molecule has 0 radical (unpaired) electrons. The molecule has 0 spiro atoms. The van der Waals surface area contributed by atoms with Crippen LogP contribution in [0.3, 0.4) is 0 Å². The van der Waals surface area contributed by atoms with E-state index in [9.17, 15) is 0 Å². The molecule has 0 N–H and O–H groups in total. The molecule has 0 bridgehead atoms. The van der Waals surface area contributed by atoms with E-state index in [0.717, 1.165) is 25.1 Å². The number of benzene rings is 2. The number of aryl methyl sites for hydroxylation is 1. The van der Waals surface area contributed by atoms with Gasteiger partial charge < -0.3 is 9.47 Å². The summed E-state index contributed by atoms with van der Waals surface area (Å²) in [6.45, 7) is 17.6. The number of piperidine rings is 1. The Hall–Kier alpha value is -1.41. The number of hydrogen-bond acceptors (Lipinski definition) is 3. The first-order valence-corrected chi connectivity index (χ1v) is 14.1. The van der Waals surface area contributed by atoms with Crippen molar-refractivity contribution in [2.24, 2.45) is 0 Å². The number of rotatable bonds is 10. The quantitative estimate of drug-likeness (QED) is 0.262. The molecule has 1 atom stereocenters. The number of nitrogens with zero attached hydrogens (tertiary/aromatic N) is 1. The SMILES string of the molecule is CCC(CC)(Pc1ccccc1CN1CCCCC1)c1cc(C)cc(C(C)(C)C)c1OCOC. The standard InChI is InChI=1S/C30H46NO2P/c1-8-30(9-2,26-20-23(3)19-25(29(4,5)6)28(26)33-22-32-7)34-27-16-12-11-15-24(27)21-31-17-13-10-14-18-31/h11-12,15-16,19-20,34H,8-10,13-14,17-18,21-22H2,1-7H3. The van der Waals surface area contributed by atoms with Gasteiger partial charge in [0.2, 0.25) is 0 Å². The van der Waals surface area contributed by atoms with Crippen molar-refractivity contribution < 1.29 is 9.47 Å². The maximum Gasteiger partial charge on any atom is 0.188 e. The fraction of sp³-hybridized carbons (Fsp3) is 0.600. The molecule has 0 amide bonds. The Morgan fingerprint density at radius 2 is 1.59 bits per heavy atom. The van der Waals surface area contributed by atoms with Gasteiger partial charge in [-0.15, -0.1) is 0 Å². The lowest BCUT2D eigenvalue weighted by atomic mass is 9.80. The van der Waals surface area contributed by atoms with E-state index < -0.39 is 0 Å². The monoisotopic (exact) mass is 483 g/mol. The Bertz CT molecular complexity index is 924. The van der Waals surface area contributed by atoms with Gasteiger partial charge in [-0.3, -0.25) is 4.90 Å². The fourth-order valence-corrected chi connectivity index (χ4v) is 6.92. The fourth-order valence-electron chi connectivity index (χ4n) is 5.23. The molecule has 188 valence electrons. The molecule has 0 saturated carbocycles. The molecule has 1 heterocycles. The van der Waals surface area contributed by atoms with Crippen LogP contribution < -0.4 is 10.0 Å². The predicted molar refractivity (Wildman–Crippen MR) is 148 cm³/mol. The van der Waals surface area contributed by atoms with E-state index in [-0.39, 0.29) is 17.4 Å². The lowest BCUT2D eigenvalue weighted by Crippen LogP contribution is -2.31. The van der Waals surface area contributed by atoms with Crippen molar-refractivity contribution in [2.45, 2.75) is 90.8 Å². The second kappa shape index (κ2) is 12.0. The van der Waals surface area contributed by atoms with Crippen LogP contribution in [0.5, 0.6) is 5.75 Å². The summed E-state index contributed by atoms with van der Waals surface area (Å²) in [7, 11) is 2.40.